The molecule has 6 fully saturated rings. The molecule has 0 aromatic carbocycles. The third-order valence-corrected chi connectivity index (χ3v) is 18.5. The van der Waals surface area contributed by atoms with Crippen molar-refractivity contribution in [2.45, 2.75) is 181 Å². The minimum Gasteiger partial charge on any atom is -0.480 e. The molecule has 0 radical (unpaired) electrons. The number of allylic oxidation sites excluding steroid dienone is 2. The van der Waals surface area contributed by atoms with Crippen LogP contribution in [0.3, 0.4) is 0 Å². The van der Waals surface area contributed by atoms with Crippen molar-refractivity contribution in [3.63, 3.8) is 0 Å². The van der Waals surface area contributed by atoms with Crippen LogP contribution in [0.15, 0.2) is 11.6 Å². The Morgan fingerprint density at radius 2 is 1.52 bits per heavy atom. The number of ether oxygens (including phenoxy) is 4. The average molecular weight is 880 g/mol. The molecule has 2 heterocycles. The molecule has 2 aliphatic heterocycles. The molecule has 0 spiro atoms. The first kappa shape index (κ1) is 47.9. The smallest absolute Gasteiger partial charge is 0.335 e. The van der Waals surface area contributed by atoms with E-state index in [1.54, 1.807) is 6.92 Å². The van der Waals surface area contributed by atoms with Crippen LogP contribution in [0.5, 0.6) is 0 Å². The monoisotopic (exact) mass is 879 g/mol. The Hall–Kier alpha value is -2.09. The molecule has 16 nitrogen and oxygen atoms in total. The van der Waals surface area contributed by atoms with Crippen LogP contribution in [-0.4, -0.2) is 146 Å². The lowest BCUT2D eigenvalue weighted by Crippen LogP contribution is -2.68. The Kier molecular flexibility index (Phi) is 12.9. The highest BCUT2D eigenvalue weighted by Gasteiger charge is 2.70. The van der Waals surface area contributed by atoms with Crippen molar-refractivity contribution in [1.29, 1.82) is 0 Å². The summed E-state index contributed by atoms with van der Waals surface area (Å²) in [5.74, 6) is -3.43. The Morgan fingerprint density at radius 3 is 2.15 bits per heavy atom. The Labute approximate surface area is 364 Å². The number of hydrogen-bond acceptors (Lipinski definition) is 14. The van der Waals surface area contributed by atoms with Gasteiger partial charge in [-0.1, -0.05) is 61.0 Å². The molecule has 7 aliphatic rings. The van der Waals surface area contributed by atoms with Crippen LogP contribution in [0, 0.1) is 56.2 Å². The number of aliphatic carboxylic acids is 2. The molecule has 0 aromatic rings. The summed E-state index contributed by atoms with van der Waals surface area (Å²) in [7, 11) is 0. The van der Waals surface area contributed by atoms with E-state index >= 15 is 4.79 Å². The minimum absolute atomic E-state index is 0.00325. The summed E-state index contributed by atoms with van der Waals surface area (Å²) in [6.45, 7) is 16.6. The summed E-state index contributed by atoms with van der Waals surface area (Å²) >= 11 is 0. The second-order valence-corrected chi connectivity index (χ2v) is 22.4. The number of carbonyl (C=O) groups excluding carboxylic acids is 1. The maximum absolute atomic E-state index is 15.1. The Balaban J connectivity index is 1.15. The van der Waals surface area contributed by atoms with Gasteiger partial charge in [0.05, 0.1) is 25.4 Å². The van der Waals surface area contributed by atoms with E-state index in [4.69, 9.17) is 18.9 Å². The van der Waals surface area contributed by atoms with Crippen molar-refractivity contribution < 1.29 is 74.2 Å². The van der Waals surface area contributed by atoms with Gasteiger partial charge in [0.25, 0.3) is 0 Å². The van der Waals surface area contributed by atoms with Crippen LogP contribution in [0.1, 0.15) is 113 Å². The number of carboxylic acids is 2. The van der Waals surface area contributed by atoms with E-state index in [1.165, 1.54) is 5.57 Å². The lowest BCUT2D eigenvalue weighted by molar-refractivity contribution is -0.371. The van der Waals surface area contributed by atoms with Crippen molar-refractivity contribution >= 4 is 17.7 Å². The van der Waals surface area contributed by atoms with E-state index < -0.39 is 109 Å². The molecule has 20 atom stereocenters. The molecule has 2 saturated heterocycles. The van der Waals surface area contributed by atoms with Crippen molar-refractivity contribution in [1.82, 2.24) is 5.32 Å². The van der Waals surface area contributed by atoms with Crippen LogP contribution in [0.4, 0.5) is 0 Å². The molecule has 0 unspecified atom stereocenters. The number of rotatable bonds is 11. The molecule has 4 saturated carbocycles. The van der Waals surface area contributed by atoms with Gasteiger partial charge in [0.2, 0.25) is 0 Å². The fraction of sp³-hybridized carbons (Fsp3) is 0.891. The maximum atomic E-state index is 15.1. The number of aliphatic hydroxyl groups is 6. The standard InChI is InChI=1S/C46H73NO15/c1-22-30(51)27(20-49)59-39(31(22)52)62-35-33(54)32(53)34(38(57)58)61-40(35)60-29-10-11-44(6)28(41(29,2)3)9-12-46(8)36(44)26(50)17-23-24-18-42(4,21-47-25(19-48)37(55)56)13-14-43(24,5)15-16-45(23,46)7/h17,22,24-25,27-36,39-40,47-49,51-54H,9-16,18-21H2,1-8H3,(H,55,56)(H,57,58)/t22-,24-,25-,27+,28-,29-,30-,31+,32-,33-,34-,35+,36+,39-,40-,42-,43+,44-,45+,46+/m0/s1. The largest absolute Gasteiger partial charge is 0.480 e. The molecular weight excluding hydrogens is 806 g/mol. The molecule has 62 heavy (non-hydrogen) atoms. The van der Waals surface area contributed by atoms with E-state index in [0.29, 0.717) is 19.4 Å². The first-order valence-electron chi connectivity index (χ1n) is 22.8. The quantitative estimate of drug-likeness (QED) is 0.135. The fourth-order valence-electron chi connectivity index (χ4n) is 14.2. The van der Waals surface area contributed by atoms with Crippen molar-refractivity contribution in [3.8, 4) is 0 Å². The van der Waals surface area contributed by atoms with Crippen LogP contribution in [-0.2, 0) is 33.3 Å². The molecular formula is C46H73NO15. The SMILES string of the molecule is C[C@@H]1[C@@H](O)[C@H](O[C@H]2[C@@H](O[C@H]3CC[C@]4(C)[C@H]5C(=O)C=C6[C@@H]7C[C@@](C)(CN[C@@H](CO)C(=O)O)CC[C@]7(C)CC[C@@]6(C)[C@]5(C)CC[C@H]4C3(C)C)O[C@H](C(=O)O)[C@@H](O)[C@@H]2O)O[C@H](CO)[C@H]1O. The molecule has 5 aliphatic carbocycles. The predicted molar refractivity (Wildman–Crippen MR) is 221 cm³/mol. The van der Waals surface area contributed by atoms with Gasteiger partial charge >= 0.3 is 11.9 Å². The lowest BCUT2D eigenvalue weighted by Gasteiger charge is -2.70. The van der Waals surface area contributed by atoms with Crippen LogP contribution >= 0.6 is 0 Å². The van der Waals surface area contributed by atoms with Crippen molar-refractivity contribution in [2.24, 2.45) is 56.2 Å². The highest BCUT2D eigenvalue weighted by atomic mass is 16.8. The van der Waals surface area contributed by atoms with E-state index in [0.717, 1.165) is 44.9 Å². The van der Waals surface area contributed by atoms with E-state index in [9.17, 15) is 50.4 Å². The highest BCUT2D eigenvalue weighted by Crippen LogP contribution is 2.75. The Bertz CT molecular complexity index is 1760. The summed E-state index contributed by atoms with van der Waals surface area (Å²) in [4.78, 5) is 39.1. The topological polar surface area (TPSA) is 262 Å². The number of carboxylic acid groups (broad SMARTS) is 2. The normalized spacial score (nSPS) is 50.5. The third kappa shape index (κ3) is 7.52. The van der Waals surface area contributed by atoms with E-state index in [1.807, 2.05) is 6.08 Å². The van der Waals surface area contributed by atoms with Gasteiger partial charge in [0.1, 0.15) is 36.6 Å². The molecule has 9 N–H and O–H groups in total. The van der Waals surface area contributed by atoms with E-state index in [2.05, 4.69) is 53.8 Å². The molecule has 352 valence electrons. The Morgan fingerprint density at radius 1 is 0.839 bits per heavy atom. The van der Waals surface area contributed by atoms with Gasteiger partial charge in [-0.15, -0.1) is 0 Å². The van der Waals surface area contributed by atoms with Crippen LogP contribution in [0.2, 0.25) is 0 Å². The first-order valence-corrected chi connectivity index (χ1v) is 22.8. The second kappa shape index (κ2) is 16.7. The van der Waals surface area contributed by atoms with Crippen LogP contribution in [0.25, 0.3) is 0 Å². The maximum Gasteiger partial charge on any atom is 0.335 e. The van der Waals surface area contributed by atoms with Gasteiger partial charge in [0.15, 0.2) is 24.5 Å². The lowest BCUT2D eigenvalue weighted by atomic mass is 9.33. The van der Waals surface area contributed by atoms with Crippen molar-refractivity contribution in [3.05, 3.63) is 11.6 Å². The number of aliphatic hydroxyl groups excluding tert-OH is 6. The average Bonchev–Trinajstić information content (AvgIpc) is 3.19. The summed E-state index contributed by atoms with van der Waals surface area (Å²) < 4.78 is 24.3. The predicted octanol–water partition coefficient (Wildman–Crippen LogP) is 2.38. The van der Waals surface area contributed by atoms with Gasteiger partial charge in [-0.2, -0.15) is 0 Å². The summed E-state index contributed by atoms with van der Waals surface area (Å²) in [5.41, 5.74) is -0.676. The van der Waals surface area contributed by atoms with Gasteiger partial charge in [-0.05, 0) is 108 Å². The highest BCUT2D eigenvalue weighted by molar-refractivity contribution is 5.95. The van der Waals surface area contributed by atoms with Gasteiger partial charge in [-0.25, -0.2) is 4.79 Å². The zero-order valence-electron chi connectivity index (χ0n) is 37.7. The van der Waals surface area contributed by atoms with Crippen LogP contribution < -0.4 is 5.32 Å². The summed E-state index contributed by atoms with van der Waals surface area (Å²) in [6, 6.07) is -1.04. The van der Waals surface area contributed by atoms with Gasteiger partial charge < -0.3 is 65.1 Å². The van der Waals surface area contributed by atoms with Gasteiger partial charge in [-0.3, -0.25) is 9.59 Å². The zero-order valence-corrected chi connectivity index (χ0v) is 37.7. The van der Waals surface area contributed by atoms with Gasteiger partial charge in [0, 0.05) is 18.4 Å². The second-order valence-electron chi connectivity index (χ2n) is 22.4. The molecule has 7 rings (SSSR count). The summed E-state index contributed by atoms with van der Waals surface area (Å²) in [5, 5.41) is 86.0. The fourth-order valence-corrected chi connectivity index (χ4v) is 14.2. The summed E-state index contributed by atoms with van der Waals surface area (Å²) in [6.07, 6.45) is -5.17. The first-order chi connectivity index (χ1) is 28.8. The molecule has 16 heteroatoms. The minimum atomic E-state index is -1.92. The molecule has 0 aromatic heterocycles. The number of fused-ring (bicyclic) bond motifs is 7. The number of nitrogens with one attached hydrogen (secondary N) is 1. The number of hydrogen-bond donors (Lipinski definition) is 9. The third-order valence-electron chi connectivity index (χ3n) is 18.5. The van der Waals surface area contributed by atoms with E-state index in [-0.39, 0.29) is 45.2 Å². The molecule has 0 bridgehead atoms. The van der Waals surface area contributed by atoms with Crippen molar-refractivity contribution in [2.75, 3.05) is 19.8 Å². The number of carbonyl (C=O) groups is 3. The molecule has 0 amide bonds. The zero-order chi connectivity index (χ0) is 45.7. The number of ketones is 1.